The van der Waals surface area contributed by atoms with Crippen LogP contribution in [0.15, 0.2) is 54.7 Å². The lowest BCUT2D eigenvalue weighted by Gasteiger charge is -2.18. The summed E-state index contributed by atoms with van der Waals surface area (Å²) in [6.07, 6.45) is -3.96. The average molecular weight is 417 g/mol. The summed E-state index contributed by atoms with van der Waals surface area (Å²) in [5.41, 5.74) is 0.637. The van der Waals surface area contributed by atoms with Gasteiger partial charge in [0, 0.05) is 29.7 Å². The minimum atomic E-state index is -4.65. The summed E-state index contributed by atoms with van der Waals surface area (Å²) in [6, 6.07) is 12.4. The second-order valence-electron chi connectivity index (χ2n) is 6.75. The Kier molecular flexibility index (Phi) is 5.86. The number of aromatic nitrogens is 2. The lowest BCUT2D eigenvalue weighted by molar-refractivity contribution is -0.384. The molecule has 7 nitrogen and oxygen atoms in total. The van der Waals surface area contributed by atoms with Gasteiger partial charge < -0.3 is 10.6 Å². The van der Waals surface area contributed by atoms with Crippen LogP contribution in [0.2, 0.25) is 0 Å². The maximum absolute atomic E-state index is 13.5. The van der Waals surface area contributed by atoms with Crippen molar-refractivity contribution in [1.29, 1.82) is 0 Å². The van der Waals surface area contributed by atoms with E-state index in [2.05, 4.69) is 20.6 Å². The first-order chi connectivity index (χ1) is 14.1. The Hall–Kier alpha value is -3.69. The Labute approximate surface area is 170 Å². The number of alkyl halides is 3. The summed E-state index contributed by atoms with van der Waals surface area (Å²) in [5, 5.41) is 16.3. The Balaban J connectivity index is 1.96. The van der Waals surface area contributed by atoms with Crippen molar-refractivity contribution in [3.05, 3.63) is 76.0 Å². The number of nitrogens with one attached hydrogen (secondary N) is 2. The van der Waals surface area contributed by atoms with E-state index < -0.39 is 22.5 Å². The van der Waals surface area contributed by atoms with E-state index in [1.54, 1.807) is 12.1 Å². The molecular weight excluding hydrogens is 399 g/mol. The number of rotatable bonds is 6. The molecule has 2 aromatic carbocycles. The van der Waals surface area contributed by atoms with Crippen LogP contribution in [-0.2, 0) is 6.18 Å². The van der Waals surface area contributed by atoms with E-state index in [0.29, 0.717) is 17.6 Å². The highest BCUT2D eigenvalue weighted by Gasteiger charge is 2.35. The monoisotopic (exact) mass is 417 g/mol. The van der Waals surface area contributed by atoms with E-state index in [0.717, 1.165) is 5.56 Å². The van der Waals surface area contributed by atoms with Gasteiger partial charge in [-0.15, -0.1) is 0 Å². The van der Waals surface area contributed by atoms with Crippen LogP contribution in [0.1, 0.15) is 30.9 Å². The lowest BCUT2D eigenvalue weighted by Crippen LogP contribution is -2.13. The number of nitro groups is 1. The normalized spacial score (nSPS) is 11.4. The van der Waals surface area contributed by atoms with E-state index in [1.165, 1.54) is 24.3 Å². The van der Waals surface area contributed by atoms with Gasteiger partial charge in [0.1, 0.15) is 11.4 Å². The van der Waals surface area contributed by atoms with Gasteiger partial charge in [-0.1, -0.05) is 32.0 Å². The smallest absolute Gasteiger partial charge is 0.339 e. The molecule has 1 heterocycles. The molecule has 0 fully saturated rings. The van der Waals surface area contributed by atoms with Crippen LogP contribution < -0.4 is 10.6 Å². The van der Waals surface area contributed by atoms with Gasteiger partial charge in [-0.25, -0.2) is 4.98 Å². The van der Waals surface area contributed by atoms with Crippen molar-refractivity contribution >= 4 is 28.8 Å². The fourth-order valence-corrected chi connectivity index (χ4v) is 2.78. The molecule has 0 saturated heterocycles. The number of anilines is 4. The number of hydrogen-bond donors (Lipinski definition) is 2. The highest BCUT2D eigenvalue weighted by atomic mass is 19.4. The van der Waals surface area contributed by atoms with Crippen molar-refractivity contribution in [1.82, 2.24) is 9.97 Å². The quantitative estimate of drug-likeness (QED) is 0.377. The molecule has 0 aliphatic rings. The van der Waals surface area contributed by atoms with E-state index in [1.807, 2.05) is 26.0 Å². The van der Waals surface area contributed by atoms with Gasteiger partial charge in [-0.3, -0.25) is 10.1 Å². The first-order valence-corrected chi connectivity index (χ1v) is 8.97. The van der Waals surface area contributed by atoms with Crippen LogP contribution in [0.5, 0.6) is 0 Å². The second-order valence-corrected chi connectivity index (χ2v) is 6.75. The van der Waals surface area contributed by atoms with Crippen LogP contribution in [0.3, 0.4) is 0 Å². The molecule has 30 heavy (non-hydrogen) atoms. The van der Waals surface area contributed by atoms with Crippen molar-refractivity contribution in [3.63, 3.8) is 0 Å². The maximum Gasteiger partial charge on any atom is 0.421 e. The Morgan fingerprint density at radius 2 is 1.70 bits per heavy atom. The molecule has 0 radical (unpaired) electrons. The minimum Gasteiger partial charge on any atom is -0.339 e. The second kappa shape index (κ2) is 8.36. The third-order valence-corrected chi connectivity index (χ3v) is 4.26. The number of benzene rings is 2. The largest absolute Gasteiger partial charge is 0.421 e. The number of nitro benzene ring substituents is 1. The standard InChI is InChI=1S/C20H18F3N5O2/c1-12(2)15-5-3-4-6-17(15)26-18-16(20(21,22)23)11-24-19(27-18)25-13-7-9-14(10-8-13)28(29)30/h3-12H,1-2H3,(H2,24,25,26,27). The Morgan fingerprint density at radius 3 is 2.30 bits per heavy atom. The number of nitrogens with zero attached hydrogens (tertiary/aromatic N) is 3. The fourth-order valence-electron chi connectivity index (χ4n) is 2.78. The number of para-hydroxylation sites is 1. The van der Waals surface area contributed by atoms with Crippen molar-refractivity contribution in [3.8, 4) is 0 Å². The zero-order valence-electron chi connectivity index (χ0n) is 16.1. The molecule has 0 atom stereocenters. The molecule has 156 valence electrons. The van der Waals surface area contributed by atoms with E-state index >= 15 is 0 Å². The Bertz CT molecular complexity index is 1050. The summed E-state index contributed by atoms with van der Waals surface area (Å²) in [6.45, 7) is 3.87. The third-order valence-electron chi connectivity index (χ3n) is 4.26. The molecule has 10 heteroatoms. The zero-order valence-corrected chi connectivity index (χ0v) is 16.1. The van der Waals surface area contributed by atoms with E-state index in [9.17, 15) is 23.3 Å². The molecule has 0 spiro atoms. The molecule has 1 aromatic heterocycles. The van der Waals surface area contributed by atoms with Crippen LogP contribution >= 0.6 is 0 Å². The van der Waals surface area contributed by atoms with Gasteiger partial charge in [-0.2, -0.15) is 18.2 Å². The third kappa shape index (κ3) is 4.83. The molecule has 0 bridgehead atoms. The summed E-state index contributed by atoms with van der Waals surface area (Å²) in [4.78, 5) is 17.9. The van der Waals surface area contributed by atoms with Gasteiger partial charge >= 0.3 is 6.18 Å². The highest BCUT2D eigenvalue weighted by Crippen LogP contribution is 2.36. The van der Waals surface area contributed by atoms with E-state index in [-0.39, 0.29) is 17.6 Å². The predicted octanol–water partition coefficient (Wildman–Crippen LogP) is 6.01. The van der Waals surface area contributed by atoms with Crippen LogP contribution in [0.4, 0.5) is 42.0 Å². The molecule has 2 N–H and O–H groups in total. The maximum atomic E-state index is 13.5. The van der Waals surface area contributed by atoms with E-state index in [4.69, 9.17) is 0 Å². The van der Waals surface area contributed by atoms with Crippen LogP contribution in [-0.4, -0.2) is 14.9 Å². The molecule has 0 aliphatic carbocycles. The molecular formula is C20H18F3N5O2. The molecule has 3 rings (SSSR count). The lowest BCUT2D eigenvalue weighted by atomic mass is 10.0. The summed E-state index contributed by atoms with van der Waals surface area (Å²) >= 11 is 0. The van der Waals surface area contributed by atoms with Gasteiger partial charge in [0.05, 0.1) is 4.92 Å². The van der Waals surface area contributed by atoms with Gasteiger partial charge in [-0.05, 0) is 29.7 Å². The summed E-state index contributed by atoms with van der Waals surface area (Å²) < 4.78 is 40.5. The summed E-state index contributed by atoms with van der Waals surface area (Å²) in [7, 11) is 0. The predicted molar refractivity (Wildman–Crippen MR) is 107 cm³/mol. The number of hydrogen-bond acceptors (Lipinski definition) is 6. The van der Waals surface area contributed by atoms with Crippen LogP contribution in [0.25, 0.3) is 0 Å². The first-order valence-electron chi connectivity index (χ1n) is 8.97. The minimum absolute atomic E-state index is 0.0821. The molecule has 0 saturated carbocycles. The number of halogens is 3. The van der Waals surface area contributed by atoms with Crippen molar-refractivity contribution in [2.24, 2.45) is 0 Å². The van der Waals surface area contributed by atoms with Gasteiger partial charge in [0.15, 0.2) is 0 Å². The first kappa shape index (κ1) is 21.0. The van der Waals surface area contributed by atoms with Crippen molar-refractivity contribution in [2.45, 2.75) is 25.9 Å². The molecule has 3 aromatic rings. The van der Waals surface area contributed by atoms with Crippen LogP contribution in [0, 0.1) is 10.1 Å². The summed E-state index contributed by atoms with van der Waals surface area (Å²) in [5.74, 6) is -0.390. The average Bonchev–Trinajstić information content (AvgIpc) is 2.68. The fraction of sp³-hybridized carbons (Fsp3) is 0.200. The number of non-ortho nitro benzene ring substituents is 1. The molecule has 0 aliphatic heterocycles. The highest BCUT2D eigenvalue weighted by molar-refractivity contribution is 5.66. The van der Waals surface area contributed by atoms with Gasteiger partial charge in [0.25, 0.3) is 5.69 Å². The van der Waals surface area contributed by atoms with Crippen molar-refractivity contribution in [2.75, 3.05) is 10.6 Å². The SMILES string of the molecule is CC(C)c1ccccc1Nc1nc(Nc2ccc([N+](=O)[O-])cc2)ncc1C(F)(F)F. The van der Waals surface area contributed by atoms with Gasteiger partial charge in [0.2, 0.25) is 5.95 Å². The van der Waals surface area contributed by atoms with Crippen molar-refractivity contribution < 1.29 is 18.1 Å². The topological polar surface area (TPSA) is 93.0 Å². The molecule has 0 unspecified atom stereocenters. The zero-order chi connectivity index (χ0) is 21.9. The Morgan fingerprint density at radius 1 is 1.03 bits per heavy atom. The molecule has 0 amide bonds.